The summed E-state index contributed by atoms with van der Waals surface area (Å²) in [5.41, 5.74) is 3.87. The van der Waals surface area contributed by atoms with Crippen LogP contribution in [0.5, 0.6) is 5.75 Å². The van der Waals surface area contributed by atoms with E-state index in [9.17, 15) is 4.79 Å². The summed E-state index contributed by atoms with van der Waals surface area (Å²) in [6.07, 6.45) is 0. The summed E-state index contributed by atoms with van der Waals surface area (Å²) < 4.78 is 6.33. The highest BCUT2D eigenvalue weighted by molar-refractivity contribution is 9.10. The number of benzene rings is 2. The fourth-order valence-corrected chi connectivity index (χ4v) is 2.93. The third kappa shape index (κ3) is 3.89. The molecule has 0 fully saturated rings. The molecule has 2 rings (SSSR count). The number of methoxy groups -OCH3 is 1. The topological polar surface area (TPSA) is 29.5 Å². The van der Waals surface area contributed by atoms with Crippen molar-refractivity contribution in [3.63, 3.8) is 0 Å². The molecule has 0 saturated carbocycles. The predicted octanol–water partition coefficient (Wildman–Crippen LogP) is 4.35. The van der Waals surface area contributed by atoms with E-state index in [1.165, 1.54) is 0 Å². The van der Waals surface area contributed by atoms with E-state index in [1.807, 2.05) is 44.2 Å². The molecule has 1 amide bonds. The molecule has 0 unspecified atom stereocenters. The Hall–Kier alpha value is -1.81. The number of hydrogen-bond donors (Lipinski definition) is 0. The Labute approximate surface area is 140 Å². The van der Waals surface area contributed by atoms with Crippen LogP contribution in [0.25, 0.3) is 0 Å². The molecule has 0 bridgehead atoms. The van der Waals surface area contributed by atoms with Gasteiger partial charge < -0.3 is 9.64 Å². The average molecular weight is 362 g/mol. The van der Waals surface area contributed by atoms with Gasteiger partial charge in [0.25, 0.3) is 5.91 Å². The number of halogens is 1. The van der Waals surface area contributed by atoms with Crippen LogP contribution in [0.3, 0.4) is 0 Å². The normalized spacial score (nSPS) is 10.4. The molecule has 0 aliphatic heterocycles. The lowest BCUT2D eigenvalue weighted by Crippen LogP contribution is -2.26. The maximum absolute atomic E-state index is 12.6. The Kier molecular flexibility index (Phi) is 5.24. The number of hydrogen-bond acceptors (Lipinski definition) is 2. The van der Waals surface area contributed by atoms with Gasteiger partial charge in [-0.1, -0.05) is 33.1 Å². The number of nitrogens with zero attached hydrogens (tertiary/aromatic N) is 1. The molecule has 0 saturated heterocycles. The van der Waals surface area contributed by atoms with E-state index >= 15 is 0 Å². The van der Waals surface area contributed by atoms with Gasteiger partial charge in [-0.25, -0.2) is 0 Å². The molecule has 0 heterocycles. The highest BCUT2D eigenvalue weighted by Gasteiger charge is 2.15. The third-order valence-electron chi connectivity index (χ3n) is 3.47. The second kappa shape index (κ2) is 6.97. The van der Waals surface area contributed by atoms with Gasteiger partial charge in [0.1, 0.15) is 5.75 Å². The van der Waals surface area contributed by atoms with Crippen molar-refractivity contribution in [3.8, 4) is 5.75 Å². The van der Waals surface area contributed by atoms with Crippen molar-refractivity contribution in [1.29, 1.82) is 0 Å². The summed E-state index contributed by atoms with van der Waals surface area (Å²) in [7, 11) is 3.44. The molecule has 3 nitrogen and oxygen atoms in total. The predicted molar refractivity (Wildman–Crippen MR) is 92.4 cm³/mol. The van der Waals surface area contributed by atoms with Crippen LogP contribution in [0.15, 0.2) is 40.9 Å². The summed E-state index contributed by atoms with van der Waals surface area (Å²) in [4.78, 5) is 14.3. The van der Waals surface area contributed by atoms with Crippen LogP contribution in [0, 0.1) is 13.8 Å². The Bertz CT molecular complexity index is 677. The van der Waals surface area contributed by atoms with Gasteiger partial charge in [0.15, 0.2) is 0 Å². The molecule has 22 heavy (non-hydrogen) atoms. The third-order valence-corrected chi connectivity index (χ3v) is 3.96. The van der Waals surface area contributed by atoms with E-state index < -0.39 is 0 Å². The van der Waals surface area contributed by atoms with E-state index in [4.69, 9.17) is 4.74 Å². The van der Waals surface area contributed by atoms with Gasteiger partial charge in [0.05, 0.1) is 7.11 Å². The van der Waals surface area contributed by atoms with Gasteiger partial charge in [-0.15, -0.1) is 0 Å². The quantitative estimate of drug-likeness (QED) is 0.810. The van der Waals surface area contributed by atoms with Crippen molar-refractivity contribution in [2.45, 2.75) is 20.4 Å². The molecule has 0 aromatic heterocycles. The number of amides is 1. The molecule has 0 aliphatic rings. The maximum Gasteiger partial charge on any atom is 0.253 e. The van der Waals surface area contributed by atoms with E-state index in [0.29, 0.717) is 12.1 Å². The van der Waals surface area contributed by atoms with Gasteiger partial charge >= 0.3 is 0 Å². The van der Waals surface area contributed by atoms with Gasteiger partial charge in [-0.05, 0) is 44.2 Å². The van der Waals surface area contributed by atoms with Crippen LogP contribution >= 0.6 is 15.9 Å². The van der Waals surface area contributed by atoms with Crippen molar-refractivity contribution in [1.82, 2.24) is 4.90 Å². The van der Waals surface area contributed by atoms with Crippen molar-refractivity contribution in [3.05, 3.63) is 63.1 Å². The summed E-state index contributed by atoms with van der Waals surface area (Å²) >= 11 is 3.46. The number of ether oxygens (including phenoxy) is 1. The first-order valence-electron chi connectivity index (χ1n) is 7.07. The van der Waals surface area contributed by atoms with Crippen molar-refractivity contribution >= 4 is 21.8 Å². The first-order chi connectivity index (χ1) is 10.4. The zero-order valence-corrected chi connectivity index (χ0v) is 14.9. The van der Waals surface area contributed by atoms with E-state index in [0.717, 1.165) is 26.9 Å². The minimum Gasteiger partial charge on any atom is -0.496 e. The van der Waals surface area contributed by atoms with E-state index in [2.05, 4.69) is 22.0 Å². The highest BCUT2D eigenvalue weighted by atomic mass is 79.9. The number of carbonyl (C=O) groups excluding carboxylic acids is 1. The lowest BCUT2D eigenvalue weighted by molar-refractivity contribution is 0.0784. The second-order valence-corrected chi connectivity index (χ2v) is 6.41. The lowest BCUT2D eigenvalue weighted by atomic mass is 10.1. The van der Waals surface area contributed by atoms with Crippen LogP contribution in [0.1, 0.15) is 27.0 Å². The molecular weight excluding hydrogens is 342 g/mol. The molecule has 0 radical (unpaired) electrons. The average Bonchev–Trinajstić information content (AvgIpc) is 2.45. The van der Waals surface area contributed by atoms with Crippen LogP contribution in [0.4, 0.5) is 0 Å². The maximum atomic E-state index is 12.6. The largest absolute Gasteiger partial charge is 0.496 e. The number of aryl methyl sites for hydroxylation is 2. The molecule has 116 valence electrons. The fourth-order valence-electron chi connectivity index (χ4n) is 2.52. The Morgan fingerprint density at radius 1 is 1.14 bits per heavy atom. The van der Waals surface area contributed by atoms with Crippen LogP contribution < -0.4 is 4.74 Å². The number of rotatable bonds is 4. The molecule has 4 heteroatoms. The minimum atomic E-state index is 0.00817. The highest BCUT2D eigenvalue weighted by Crippen LogP contribution is 2.24. The summed E-state index contributed by atoms with van der Waals surface area (Å²) in [5.74, 6) is 0.789. The summed E-state index contributed by atoms with van der Waals surface area (Å²) in [6, 6.07) is 11.7. The molecule has 2 aromatic rings. The van der Waals surface area contributed by atoms with E-state index in [1.54, 1.807) is 19.1 Å². The molecule has 0 N–H and O–H groups in total. The van der Waals surface area contributed by atoms with Gasteiger partial charge in [0, 0.05) is 29.2 Å². The van der Waals surface area contributed by atoms with Crippen molar-refractivity contribution in [2.75, 3.05) is 14.2 Å². The smallest absolute Gasteiger partial charge is 0.253 e. The Morgan fingerprint density at radius 3 is 2.36 bits per heavy atom. The monoisotopic (exact) mass is 361 g/mol. The van der Waals surface area contributed by atoms with Gasteiger partial charge in [-0.2, -0.15) is 0 Å². The molecule has 0 atom stereocenters. The first-order valence-corrected chi connectivity index (χ1v) is 7.86. The number of carbonyl (C=O) groups is 1. The molecular formula is C18H20BrNO2. The zero-order chi connectivity index (χ0) is 16.3. The second-order valence-electron chi connectivity index (χ2n) is 5.49. The fraction of sp³-hybridized carbons (Fsp3) is 0.278. The Morgan fingerprint density at radius 2 is 1.77 bits per heavy atom. The lowest BCUT2D eigenvalue weighted by Gasteiger charge is -2.19. The SMILES string of the molecule is COc1ccc(Br)cc1CN(C)C(=O)c1cc(C)cc(C)c1. The van der Waals surface area contributed by atoms with Crippen molar-refractivity contribution < 1.29 is 9.53 Å². The molecule has 0 spiro atoms. The minimum absolute atomic E-state index is 0.00817. The van der Waals surface area contributed by atoms with Crippen LogP contribution in [-0.2, 0) is 6.54 Å². The Balaban J connectivity index is 2.23. The zero-order valence-electron chi connectivity index (χ0n) is 13.3. The van der Waals surface area contributed by atoms with Crippen molar-refractivity contribution in [2.24, 2.45) is 0 Å². The van der Waals surface area contributed by atoms with Gasteiger partial charge in [0.2, 0.25) is 0 Å². The molecule has 0 aliphatic carbocycles. The van der Waals surface area contributed by atoms with E-state index in [-0.39, 0.29) is 5.91 Å². The van der Waals surface area contributed by atoms with Crippen LogP contribution in [-0.4, -0.2) is 25.0 Å². The molecule has 2 aromatic carbocycles. The van der Waals surface area contributed by atoms with Gasteiger partial charge in [-0.3, -0.25) is 4.79 Å². The summed E-state index contributed by atoms with van der Waals surface area (Å²) in [6.45, 7) is 4.50. The van der Waals surface area contributed by atoms with Crippen LogP contribution in [0.2, 0.25) is 0 Å². The summed E-state index contributed by atoms with van der Waals surface area (Å²) in [5, 5.41) is 0. The first kappa shape index (κ1) is 16.6. The standard InChI is InChI=1S/C18H20BrNO2/c1-12-7-13(2)9-14(8-12)18(21)20(3)11-15-10-16(19)5-6-17(15)22-4/h5-10H,11H2,1-4H3.